The van der Waals surface area contributed by atoms with Crippen molar-refractivity contribution in [2.24, 2.45) is 5.92 Å². The predicted molar refractivity (Wildman–Crippen MR) is 63.0 cm³/mol. The molecule has 1 nitrogen and oxygen atoms in total. The summed E-state index contributed by atoms with van der Waals surface area (Å²) < 4.78 is 38.1. The van der Waals surface area contributed by atoms with Crippen LogP contribution in [-0.4, -0.2) is 9.81 Å². The van der Waals surface area contributed by atoms with Crippen molar-refractivity contribution < 1.29 is 13.2 Å². The fourth-order valence-electron chi connectivity index (χ4n) is 1.89. The highest BCUT2D eigenvalue weighted by molar-refractivity contribution is 9.09. The standard InChI is InChI=1S/C12H13BrF3N/c13-11(8-1-2-8)4-3-9-7-17-6-5-10(9)12(14,15)16/h5-8,11H,1-4H2. The lowest BCUT2D eigenvalue weighted by molar-refractivity contribution is -0.138. The fourth-order valence-corrected chi connectivity index (χ4v) is 2.65. The number of aryl methyl sites for hydroxylation is 1. The zero-order valence-electron chi connectivity index (χ0n) is 9.17. The van der Waals surface area contributed by atoms with E-state index in [2.05, 4.69) is 20.9 Å². The number of hydrogen-bond donors (Lipinski definition) is 0. The lowest BCUT2D eigenvalue weighted by Gasteiger charge is -2.13. The van der Waals surface area contributed by atoms with Crippen LogP contribution >= 0.6 is 15.9 Å². The van der Waals surface area contributed by atoms with Crippen LogP contribution in [0, 0.1) is 5.92 Å². The first-order valence-corrected chi connectivity index (χ1v) is 6.54. The summed E-state index contributed by atoms with van der Waals surface area (Å²) in [5, 5.41) is 0. The van der Waals surface area contributed by atoms with Gasteiger partial charge < -0.3 is 0 Å². The van der Waals surface area contributed by atoms with Crippen LogP contribution in [0.15, 0.2) is 18.5 Å². The zero-order chi connectivity index (χ0) is 12.5. The summed E-state index contributed by atoms with van der Waals surface area (Å²) in [5.41, 5.74) is -0.256. The highest BCUT2D eigenvalue weighted by Gasteiger charge is 2.34. The molecule has 1 aromatic heterocycles. The van der Waals surface area contributed by atoms with E-state index in [1.165, 1.54) is 25.2 Å². The first-order chi connectivity index (χ1) is 7.98. The molecule has 1 heterocycles. The molecule has 0 radical (unpaired) electrons. The van der Waals surface area contributed by atoms with Crippen molar-refractivity contribution in [3.8, 4) is 0 Å². The molecule has 17 heavy (non-hydrogen) atoms. The summed E-state index contributed by atoms with van der Waals surface area (Å²) in [6, 6.07) is 1.05. The van der Waals surface area contributed by atoms with E-state index < -0.39 is 11.7 Å². The van der Waals surface area contributed by atoms with Crippen molar-refractivity contribution in [2.75, 3.05) is 0 Å². The molecule has 0 N–H and O–H groups in total. The van der Waals surface area contributed by atoms with E-state index in [0.717, 1.165) is 12.5 Å². The smallest absolute Gasteiger partial charge is 0.264 e. The molecule has 1 saturated carbocycles. The zero-order valence-corrected chi connectivity index (χ0v) is 10.8. The van der Waals surface area contributed by atoms with Crippen LogP contribution < -0.4 is 0 Å². The third-order valence-corrected chi connectivity index (χ3v) is 4.24. The number of pyridine rings is 1. The number of hydrogen-bond acceptors (Lipinski definition) is 1. The second-order valence-electron chi connectivity index (χ2n) is 4.42. The molecular formula is C12H13BrF3N. The first-order valence-electron chi connectivity index (χ1n) is 5.62. The molecule has 2 rings (SSSR count). The molecule has 1 fully saturated rings. The first kappa shape index (κ1) is 12.9. The molecule has 0 aliphatic heterocycles. The van der Waals surface area contributed by atoms with Gasteiger partial charge in [0.15, 0.2) is 0 Å². The maximum atomic E-state index is 12.7. The van der Waals surface area contributed by atoms with Crippen LogP contribution in [-0.2, 0) is 12.6 Å². The van der Waals surface area contributed by atoms with Gasteiger partial charge >= 0.3 is 6.18 Å². The summed E-state index contributed by atoms with van der Waals surface area (Å²) in [5.74, 6) is 0.654. The second kappa shape index (κ2) is 4.96. The molecule has 0 bridgehead atoms. The molecule has 0 aromatic carbocycles. The van der Waals surface area contributed by atoms with E-state index in [0.29, 0.717) is 22.7 Å². The normalized spacial score (nSPS) is 18.1. The summed E-state index contributed by atoms with van der Waals surface area (Å²) in [6.07, 6.45) is 1.78. The van der Waals surface area contributed by atoms with Crippen LogP contribution in [0.5, 0.6) is 0 Å². The monoisotopic (exact) mass is 307 g/mol. The molecule has 1 aromatic rings. The number of nitrogens with zero attached hydrogens (tertiary/aromatic N) is 1. The number of aromatic nitrogens is 1. The molecule has 0 spiro atoms. The van der Waals surface area contributed by atoms with Gasteiger partial charge in [-0.3, -0.25) is 4.98 Å². The van der Waals surface area contributed by atoms with E-state index in [1.54, 1.807) is 0 Å². The van der Waals surface area contributed by atoms with Crippen molar-refractivity contribution in [1.29, 1.82) is 0 Å². The Balaban J connectivity index is 2.04. The van der Waals surface area contributed by atoms with Crippen LogP contribution in [0.4, 0.5) is 13.2 Å². The number of rotatable bonds is 4. The van der Waals surface area contributed by atoms with Crippen molar-refractivity contribution in [3.63, 3.8) is 0 Å². The highest BCUT2D eigenvalue weighted by Crippen LogP contribution is 2.39. The maximum absolute atomic E-state index is 12.7. The third-order valence-electron chi connectivity index (χ3n) is 3.03. The van der Waals surface area contributed by atoms with Crippen LogP contribution in [0.1, 0.15) is 30.4 Å². The Morgan fingerprint density at radius 1 is 1.41 bits per heavy atom. The van der Waals surface area contributed by atoms with Crippen LogP contribution in [0.3, 0.4) is 0 Å². The molecule has 0 amide bonds. The summed E-state index contributed by atoms with van der Waals surface area (Å²) in [4.78, 5) is 4.12. The van der Waals surface area contributed by atoms with Crippen LogP contribution in [0.25, 0.3) is 0 Å². The van der Waals surface area contributed by atoms with Gasteiger partial charge in [-0.2, -0.15) is 13.2 Å². The molecule has 94 valence electrons. The molecule has 1 atom stereocenters. The molecule has 5 heteroatoms. The predicted octanol–water partition coefficient (Wildman–Crippen LogP) is 4.21. The summed E-state index contributed by atoms with van der Waals surface area (Å²) in [6.45, 7) is 0. The maximum Gasteiger partial charge on any atom is 0.416 e. The van der Waals surface area contributed by atoms with Gasteiger partial charge in [-0.25, -0.2) is 0 Å². The Hall–Kier alpha value is -0.580. The largest absolute Gasteiger partial charge is 0.416 e. The Kier molecular flexibility index (Phi) is 3.76. The van der Waals surface area contributed by atoms with Gasteiger partial charge in [-0.1, -0.05) is 15.9 Å². The van der Waals surface area contributed by atoms with E-state index in [1.807, 2.05) is 0 Å². The average molecular weight is 308 g/mol. The van der Waals surface area contributed by atoms with Gasteiger partial charge in [0, 0.05) is 17.2 Å². The van der Waals surface area contributed by atoms with Gasteiger partial charge in [0.1, 0.15) is 0 Å². The SMILES string of the molecule is FC(F)(F)c1ccncc1CCC(Br)C1CC1. The Bertz CT molecular complexity index is 388. The third kappa shape index (κ3) is 3.44. The van der Waals surface area contributed by atoms with Gasteiger partial charge in [0.25, 0.3) is 0 Å². The van der Waals surface area contributed by atoms with E-state index in [-0.39, 0.29) is 0 Å². The average Bonchev–Trinajstić information content (AvgIpc) is 3.08. The number of alkyl halides is 4. The van der Waals surface area contributed by atoms with Crippen molar-refractivity contribution in [1.82, 2.24) is 4.98 Å². The van der Waals surface area contributed by atoms with Crippen molar-refractivity contribution in [3.05, 3.63) is 29.6 Å². The Morgan fingerprint density at radius 3 is 2.71 bits per heavy atom. The van der Waals surface area contributed by atoms with Gasteiger partial charge in [0.05, 0.1) is 5.56 Å². The summed E-state index contributed by atoms with van der Waals surface area (Å²) >= 11 is 3.54. The molecule has 0 saturated heterocycles. The Labute approximate surface area is 107 Å². The molecule has 1 unspecified atom stereocenters. The minimum absolute atomic E-state index is 0.296. The van der Waals surface area contributed by atoms with Crippen LogP contribution in [0.2, 0.25) is 0 Å². The van der Waals surface area contributed by atoms with E-state index in [4.69, 9.17) is 0 Å². The lowest BCUT2D eigenvalue weighted by Crippen LogP contribution is -2.11. The van der Waals surface area contributed by atoms with Gasteiger partial charge in [-0.15, -0.1) is 0 Å². The minimum Gasteiger partial charge on any atom is -0.264 e. The fraction of sp³-hybridized carbons (Fsp3) is 0.583. The quantitative estimate of drug-likeness (QED) is 0.759. The van der Waals surface area contributed by atoms with E-state index in [9.17, 15) is 13.2 Å². The van der Waals surface area contributed by atoms with Crippen molar-refractivity contribution >= 4 is 15.9 Å². The Morgan fingerprint density at radius 2 is 2.12 bits per heavy atom. The molecule has 1 aliphatic rings. The van der Waals surface area contributed by atoms with Crippen molar-refractivity contribution in [2.45, 2.75) is 36.7 Å². The topological polar surface area (TPSA) is 12.9 Å². The summed E-state index contributed by atoms with van der Waals surface area (Å²) in [7, 11) is 0. The molecule has 1 aliphatic carbocycles. The minimum atomic E-state index is -4.28. The van der Waals surface area contributed by atoms with Gasteiger partial charge in [0.2, 0.25) is 0 Å². The van der Waals surface area contributed by atoms with Gasteiger partial charge in [-0.05, 0) is 43.2 Å². The number of halogens is 4. The lowest BCUT2D eigenvalue weighted by atomic mass is 10.0. The highest BCUT2D eigenvalue weighted by atomic mass is 79.9. The second-order valence-corrected chi connectivity index (χ2v) is 5.60. The molecular weight excluding hydrogens is 295 g/mol. The van der Waals surface area contributed by atoms with E-state index >= 15 is 0 Å².